The highest BCUT2D eigenvalue weighted by atomic mass is 16.5. The first-order chi connectivity index (χ1) is 18.0. The van der Waals surface area contributed by atoms with Gasteiger partial charge in [-0.2, -0.15) is 0 Å². The van der Waals surface area contributed by atoms with Crippen molar-refractivity contribution in [3.63, 3.8) is 0 Å². The van der Waals surface area contributed by atoms with Crippen LogP contribution < -0.4 is 4.74 Å². The van der Waals surface area contributed by atoms with Crippen molar-refractivity contribution in [2.75, 3.05) is 13.7 Å². The first-order valence-corrected chi connectivity index (χ1v) is 12.4. The van der Waals surface area contributed by atoms with E-state index in [1.54, 1.807) is 12.0 Å². The minimum atomic E-state index is -0.107. The molecule has 3 aromatic carbocycles. The summed E-state index contributed by atoms with van der Waals surface area (Å²) in [6.07, 6.45) is 6.68. The Labute approximate surface area is 215 Å². The van der Waals surface area contributed by atoms with Gasteiger partial charge in [-0.25, -0.2) is 4.99 Å². The van der Waals surface area contributed by atoms with Crippen LogP contribution in [0.3, 0.4) is 0 Å². The zero-order valence-electron chi connectivity index (χ0n) is 21.2. The van der Waals surface area contributed by atoms with Gasteiger partial charge in [0, 0.05) is 53.4 Å². The van der Waals surface area contributed by atoms with E-state index < -0.39 is 0 Å². The van der Waals surface area contributed by atoms with Crippen LogP contribution >= 0.6 is 0 Å². The fourth-order valence-corrected chi connectivity index (χ4v) is 5.16. The van der Waals surface area contributed by atoms with Crippen molar-refractivity contribution in [3.8, 4) is 5.75 Å². The number of aromatic nitrogens is 2. The van der Waals surface area contributed by atoms with Crippen molar-refractivity contribution in [2.45, 2.75) is 13.3 Å². The number of hydrogen-bond acceptors (Lipinski definition) is 3. The largest absolute Gasteiger partial charge is 0.496 e. The number of methoxy groups -OCH3 is 1. The summed E-state index contributed by atoms with van der Waals surface area (Å²) in [7, 11) is 3.65. The van der Waals surface area contributed by atoms with E-state index >= 15 is 0 Å². The molecule has 0 unspecified atom stereocenters. The smallest absolute Gasteiger partial charge is 0.278 e. The van der Waals surface area contributed by atoms with Crippen LogP contribution in [0.4, 0.5) is 0 Å². The second-order valence-corrected chi connectivity index (χ2v) is 9.45. The zero-order chi connectivity index (χ0) is 25.5. The van der Waals surface area contributed by atoms with Gasteiger partial charge in [0.15, 0.2) is 0 Å². The molecule has 6 heteroatoms. The first-order valence-electron chi connectivity index (χ1n) is 12.4. The Morgan fingerprint density at radius 2 is 1.84 bits per heavy atom. The molecule has 0 saturated heterocycles. The van der Waals surface area contributed by atoms with Gasteiger partial charge in [-0.05, 0) is 55.3 Å². The number of rotatable bonds is 6. The van der Waals surface area contributed by atoms with Gasteiger partial charge in [-0.15, -0.1) is 0 Å². The van der Waals surface area contributed by atoms with Gasteiger partial charge in [0.1, 0.15) is 17.3 Å². The number of fused-ring (bicyclic) bond motifs is 2. The molecule has 5 aromatic rings. The summed E-state index contributed by atoms with van der Waals surface area (Å²) in [6.45, 7) is 2.60. The number of carbonyl (C=O) groups excluding carboxylic acids is 1. The third kappa shape index (κ3) is 4.00. The molecule has 1 amide bonds. The van der Waals surface area contributed by atoms with E-state index in [1.165, 1.54) is 16.5 Å². The van der Waals surface area contributed by atoms with Crippen molar-refractivity contribution in [3.05, 3.63) is 107 Å². The average Bonchev–Trinajstić information content (AvgIpc) is 3.56. The van der Waals surface area contributed by atoms with Crippen molar-refractivity contribution in [2.24, 2.45) is 12.0 Å². The Morgan fingerprint density at radius 1 is 1.03 bits per heavy atom. The van der Waals surface area contributed by atoms with Crippen molar-refractivity contribution in [1.29, 1.82) is 0 Å². The summed E-state index contributed by atoms with van der Waals surface area (Å²) in [5.74, 6) is 1.20. The molecule has 0 bridgehead atoms. The number of aliphatic imine (C=N–C) groups is 1. The van der Waals surface area contributed by atoms with Crippen LogP contribution in [0.2, 0.25) is 0 Å². The zero-order valence-corrected chi connectivity index (χ0v) is 21.2. The molecule has 0 atom stereocenters. The highest BCUT2D eigenvalue weighted by Gasteiger charge is 2.32. The van der Waals surface area contributed by atoms with E-state index in [0.29, 0.717) is 30.2 Å². The molecule has 1 aliphatic rings. The van der Waals surface area contributed by atoms with E-state index in [1.807, 2.05) is 61.9 Å². The molecule has 37 heavy (non-hydrogen) atoms. The van der Waals surface area contributed by atoms with Gasteiger partial charge in [0.2, 0.25) is 0 Å². The number of benzene rings is 3. The maximum Gasteiger partial charge on any atom is 0.278 e. The van der Waals surface area contributed by atoms with Crippen LogP contribution in [0.5, 0.6) is 5.75 Å². The van der Waals surface area contributed by atoms with Gasteiger partial charge >= 0.3 is 0 Å². The van der Waals surface area contributed by atoms with Crippen LogP contribution in [0.25, 0.3) is 27.9 Å². The van der Waals surface area contributed by atoms with Crippen LogP contribution in [0.15, 0.2) is 89.8 Å². The fraction of sp³-hybridized carbons (Fsp3) is 0.161. The Balaban J connectivity index is 1.40. The number of hydrogen-bond donors (Lipinski definition) is 1. The van der Waals surface area contributed by atoms with E-state index in [4.69, 9.17) is 9.73 Å². The number of aromatic amines is 1. The molecule has 6 nitrogen and oxygen atoms in total. The Morgan fingerprint density at radius 3 is 2.70 bits per heavy atom. The minimum absolute atomic E-state index is 0.107. The predicted octanol–water partition coefficient (Wildman–Crippen LogP) is 5.85. The van der Waals surface area contributed by atoms with E-state index in [2.05, 4.69) is 46.8 Å². The molecule has 1 aliphatic heterocycles. The molecule has 0 aliphatic carbocycles. The van der Waals surface area contributed by atoms with Crippen molar-refractivity contribution < 1.29 is 9.53 Å². The molecular formula is C31H28N4O2. The highest BCUT2D eigenvalue weighted by molar-refractivity contribution is 6.20. The normalized spacial score (nSPS) is 14.8. The molecular weight excluding hydrogens is 460 g/mol. The second kappa shape index (κ2) is 9.13. The van der Waals surface area contributed by atoms with Gasteiger partial charge in [0.05, 0.1) is 12.7 Å². The van der Waals surface area contributed by atoms with Gasteiger partial charge in [-0.1, -0.05) is 42.0 Å². The lowest BCUT2D eigenvalue weighted by molar-refractivity contribution is -0.122. The van der Waals surface area contributed by atoms with E-state index in [0.717, 1.165) is 27.5 Å². The maximum absolute atomic E-state index is 13.8. The number of aryl methyl sites for hydroxylation is 2. The lowest BCUT2D eigenvalue weighted by Gasteiger charge is -2.19. The summed E-state index contributed by atoms with van der Waals surface area (Å²) < 4.78 is 7.70. The lowest BCUT2D eigenvalue weighted by atomic mass is 10.1. The molecule has 0 radical (unpaired) electrons. The number of amidine groups is 1. The topological polar surface area (TPSA) is 62.6 Å². The number of nitrogens with zero attached hydrogens (tertiary/aromatic N) is 3. The number of ether oxygens (including phenoxy) is 1. The number of carbonyl (C=O) groups is 1. The summed E-state index contributed by atoms with van der Waals surface area (Å²) in [6, 6.07) is 22.3. The molecule has 0 spiro atoms. The Hall–Kier alpha value is -4.58. The molecule has 3 heterocycles. The van der Waals surface area contributed by atoms with Crippen molar-refractivity contribution >= 4 is 39.6 Å². The fourth-order valence-electron chi connectivity index (χ4n) is 5.16. The third-order valence-corrected chi connectivity index (χ3v) is 7.04. The molecule has 0 fully saturated rings. The van der Waals surface area contributed by atoms with E-state index in [-0.39, 0.29) is 5.91 Å². The Bertz CT molecular complexity index is 1720. The van der Waals surface area contributed by atoms with Crippen molar-refractivity contribution in [1.82, 2.24) is 14.5 Å². The minimum Gasteiger partial charge on any atom is -0.496 e. The lowest BCUT2D eigenvalue weighted by Crippen LogP contribution is -2.34. The molecule has 0 saturated carbocycles. The summed E-state index contributed by atoms with van der Waals surface area (Å²) in [5, 5.41) is 2.28. The third-order valence-electron chi connectivity index (χ3n) is 7.04. The summed E-state index contributed by atoms with van der Waals surface area (Å²) >= 11 is 0. The number of para-hydroxylation sites is 2. The second-order valence-electron chi connectivity index (χ2n) is 9.45. The Kier molecular flexibility index (Phi) is 5.64. The van der Waals surface area contributed by atoms with E-state index in [9.17, 15) is 4.79 Å². The van der Waals surface area contributed by atoms with Gasteiger partial charge < -0.3 is 14.3 Å². The standard InChI is InChI=1S/C31H28N4O2/c1-20-12-13-26-25(16-20)21(18-32-26)14-15-35-30(24-9-5-7-11-29(24)37-3)33-27(31(35)36)17-22-19-34(2)28-10-6-4-8-23(22)28/h4-13,16-19,32H,14-15H2,1-3H3. The van der Waals surface area contributed by atoms with Gasteiger partial charge in [-0.3, -0.25) is 9.69 Å². The first kappa shape index (κ1) is 22.9. The molecule has 2 aromatic heterocycles. The monoisotopic (exact) mass is 488 g/mol. The van der Waals surface area contributed by atoms with Gasteiger partial charge in [0.25, 0.3) is 5.91 Å². The van der Waals surface area contributed by atoms with Crippen LogP contribution in [-0.2, 0) is 18.3 Å². The highest BCUT2D eigenvalue weighted by Crippen LogP contribution is 2.30. The predicted molar refractivity (Wildman–Crippen MR) is 149 cm³/mol. The summed E-state index contributed by atoms with van der Waals surface area (Å²) in [4.78, 5) is 23.8. The number of amides is 1. The SMILES string of the molecule is COc1ccccc1C1=NC(=Cc2cn(C)c3ccccc23)C(=O)N1CCc1c[nH]c2ccc(C)cc12. The molecule has 184 valence electrons. The number of nitrogens with one attached hydrogen (secondary N) is 1. The average molecular weight is 489 g/mol. The number of H-pyrrole nitrogens is 1. The van der Waals surface area contributed by atoms with Crippen LogP contribution in [-0.4, -0.2) is 39.8 Å². The quantitative estimate of drug-likeness (QED) is 0.305. The van der Waals surface area contributed by atoms with Crippen LogP contribution in [0, 0.1) is 6.92 Å². The molecule has 1 N–H and O–H groups in total. The summed E-state index contributed by atoms with van der Waals surface area (Å²) in [5.41, 5.74) is 6.79. The van der Waals surface area contributed by atoms with Crippen LogP contribution in [0.1, 0.15) is 22.3 Å². The maximum atomic E-state index is 13.8. The molecule has 6 rings (SSSR count).